The molecule has 3 aromatic rings. The number of ether oxygens (including phenoxy) is 1. The molecule has 0 heterocycles. The van der Waals surface area contributed by atoms with Crippen LogP contribution in [0.25, 0.3) is 0 Å². The van der Waals surface area contributed by atoms with E-state index in [-0.39, 0.29) is 17.0 Å². The molecule has 0 saturated carbocycles. The Balaban J connectivity index is 1.38. The number of carbonyl (C=O) groups excluding carboxylic acids is 2. The van der Waals surface area contributed by atoms with Gasteiger partial charge in [0.2, 0.25) is 5.91 Å². The monoisotopic (exact) mass is 646 g/mol. The predicted molar refractivity (Wildman–Crippen MR) is 186 cm³/mol. The van der Waals surface area contributed by atoms with Gasteiger partial charge >= 0.3 is 0 Å². The standard InChI is InChI=1S/C38H50N2O5S/c1-2-3-4-5-6-7-8-9-10-11-12-13-14-15-19-29-37(41)40-46(43,44)36-28-21-20-27-35(36)39-38(42)33-25-22-26-34(30-33)45-31-32-23-17-16-18-24-32/h9-10,16-18,20-28,30H,2-8,11-15,19,29,31H2,1H3,(H,39,42)(H,40,41)/b10-9-. The van der Waals surface area contributed by atoms with Crippen LogP contribution in [0.4, 0.5) is 5.69 Å². The lowest BCUT2D eigenvalue weighted by atomic mass is 10.1. The summed E-state index contributed by atoms with van der Waals surface area (Å²) in [6.07, 6.45) is 19.6. The van der Waals surface area contributed by atoms with Gasteiger partial charge in [-0.15, -0.1) is 0 Å². The number of unbranched alkanes of at least 4 members (excludes halogenated alkanes) is 11. The van der Waals surface area contributed by atoms with E-state index in [1.807, 2.05) is 30.3 Å². The van der Waals surface area contributed by atoms with Gasteiger partial charge in [0, 0.05) is 12.0 Å². The lowest BCUT2D eigenvalue weighted by Crippen LogP contribution is -2.31. The first-order valence-electron chi connectivity index (χ1n) is 16.8. The third-order valence-corrected chi connectivity index (χ3v) is 9.11. The van der Waals surface area contributed by atoms with Crippen molar-refractivity contribution in [2.24, 2.45) is 0 Å². The molecule has 0 aliphatic heterocycles. The van der Waals surface area contributed by atoms with Crippen molar-refractivity contribution >= 4 is 27.5 Å². The molecule has 0 unspecified atom stereocenters. The first-order chi connectivity index (χ1) is 22.4. The van der Waals surface area contributed by atoms with Crippen molar-refractivity contribution in [1.29, 1.82) is 0 Å². The largest absolute Gasteiger partial charge is 0.489 e. The van der Waals surface area contributed by atoms with Gasteiger partial charge in [-0.25, -0.2) is 13.1 Å². The van der Waals surface area contributed by atoms with Gasteiger partial charge in [-0.3, -0.25) is 9.59 Å². The third kappa shape index (κ3) is 14.0. The van der Waals surface area contributed by atoms with Gasteiger partial charge in [-0.1, -0.05) is 119 Å². The van der Waals surface area contributed by atoms with Crippen molar-refractivity contribution in [3.63, 3.8) is 0 Å². The van der Waals surface area contributed by atoms with Gasteiger partial charge in [0.05, 0.1) is 5.69 Å². The van der Waals surface area contributed by atoms with Crippen LogP contribution in [0.15, 0.2) is 95.9 Å². The first kappa shape index (κ1) is 36.6. The Hall–Kier alpha value is -3.91. The minimum absolute atomic E-state index is 0.0874. The Kier molecular flexibility index (Phi) is 16.7. The number of hydrogen-bond donors (Lipinski definition) is 2. The fraction of sp³-hybridized carbons (Fsp3) is 0.421. The maximum atomic E-state index is 13.1. The summed E-state index contributed by atoms with van der Waals surface area (Å²) in [7, 11) is -4.18. The minimum Gasteiger partial charge on any atom is -0.489 e. The summed E-state index contributed by atoms with van der Waals surface area (Å²) >= 11 is 0. The van der Waals surface area contributed by atoms with Crippen molar-refractivity contribution < 1.29 is 22.7 Å². The van der Waals surface area contributed by atoms with Gasteiger partial charge < -0.3 is 10.1 Å². The molecule has 0 radical (unpaired) electrons. The number of para-hydroxylation sites is 1. The van der Waals surface area contributed by atoms with E-state index >= 15 is 0 Å². The molecular formula is C38H50N2O5S. The smallest absolute Gasteiger partial charge is 0.266 e. The number of amides is 2. The van der Waals surface area contributed by atoms with Crippen LogP contribution in [0.1, 0.15) is 113 Å². The zero-order valence-electron chi connectivity index (χ0n) is 27.2. The molecule has 2 N–H and O–H groups in total. The highest BCUT2D eigenvalue weighted by molar-refractivity contribution is 7.90. The van der Waals surface area contributed by atoms with Gasteiger partial charge in [-0.05, 0) is 68.0 Å². The molecule has 0 saturated heterocycles. The summed E-state index contributed by atoms with van der Waals surface area (Å²) in [6.45, 7) is 2.59. The Morgan fingerprint density at radius 2 is 1.35 bits per heavy atom. The number of benzene rings is 3. The molecule has 0 aromatic heterocycles. The molecule has 46 heavy (non-hydrogen) atoms. The van der Waals surface area contributed by atoms with E-state index in [1.54, 1.807) is 36.4 Å². The fourth-order valence-corrected chi connectivity index (χ4v) is 6.26. The van der Waals surface area contributed by atoms with Crippen LogP contribution in [-0.2, 0) is 21.4 Å². The second kappa shape index (κ2) is 21.0. The fourth-order valence-electron chi connectivity index (χ4n) is 5.08. The van der Waals surface area contributed by atoms with Crippen LogP contribution in [0.5, 0.6) is 5.75 Å². The van der Waals surface area contributed by atoms with Gasteiger partial charge in [-0.2, -0.15) is 0 Å². The Morgan fingerprint density at radius 1 is 0.717 bits per heavy atom. The summed E-state index contributed by atoms with van der Waals surface area (Å²) in [5, 5.41) is 2.68. The van der Waals surface area contributed by atoms with Gasteiger partial charge in [0.15, 0.2) is 0 Å². The minimum atomic E-state index is -4.18. The van der Waals surface area contributed by atoms with E-state index in [0.29, 0.717) is 24.3 Å². The lowest BCUT2D eigenvalue weighted by molar-refractivity contribution is -0.119. The molecule has 0 fully saturated rings. The van der Waals surface area contributed by atoms with E-state index in [1.165, 1.54) is 57.1 Å². The Labute approximate surface area is 275 Å². The summed E-state index contributed by atoms with van der Waals surface area (Å²) in [4.78, 5) is 25.4. The summed E-state index contributed by atoms with van der Waals surface area (Å²) in [5.41, 5.74) is 1.39. The average molecular weight is 647 g/mol. The van der Waals surface area contributed by atoms with Crippen molar-refractivity contribution in [3.8, 4) is 5.75 Å². The zero-order chi connectivity index (χ0) is 32.9. The quantitative estimate of drug-likeness (QED) is 0.0837. The molecular weight excluding hydrogens is 596 g/mol. The van der Waals surface area contributed by atoms with Crippen LogP contribution < -0.4 is 14.8 Å². The van der Waals surface area contributed by atoms with Crippen molar-refractivity contribution in [3.05, 3.63) is 102 Å². The molecule has 0 aliphatic carbocycles. The molecule has 0 aliphatic rings. The van der Waals surface area contributed by atoms with Crippen LogP contribution in [0.2, 0.25) is 0 Å². The highest BCUT2D eigenvalue weighted by Gasteiger charge is 2.22. The van der Waals surface area contributed by atoms with Crippen molar-refractivity contribution in [2.75, 3.05) is 5.32 Å². The molecule has 0 atom stereocenters. The van der Waals surface area contributed by atoms with Crippen LogP contribution in [0, 0.1) is 0 Å². The van der Waals surface area contributed by atoms with E-state index in [0.717, 1.165) is 37.7 Å². The third-order valence-electron chi connectivity index (χ3n) is 7.68. The van der Waals surface area contributed by atoms with Gasteiger partial charge in [0.1, 0.15) is 17.3 Å². The molecule has 7 nitrogen and oxygen atoms in total. The summed E-state index contributed by atoms with van der Waals surface area (Å²) in [5.74, 6) is -0.533. The number of allylic oxidation sites excluding steroid dienone is 2. The lowest BCUT2D eigenvalue weighted by Gasteiger charge is -2.13. The Morgan fingerprint density at radius 3 is 2.07 bits per heavy atom. The predicted octanol–water partition coefficient (Wildman–Crippen LogP) is 9.36. The second-order valence-electron chi connectivity index (χ2n) is 11.6. The molecule has 2 amide bonds. The summed E-state index contributed by atoms with van der Waals surface area (Å²) in [6, 6.07) is 22.4. The molecule has 0 bridgehead atoms. The second-order valence-corrected chi connectivity index (χ2v) is 13.3. The highest BCUT2D eigenvalue weighted by atomic mass is 32.2. The van der Waals surface area contributed by atoms with Crippen molar-refractivity contribution in [1.82, 2.24) is 4.72 Å². The topological polar surface area (TPSA) is 102 Å². The number of hydrogen-bond acceptors (Lipinski definition) is 5. The summed E-state index contributed by atoms with van der Waals surface area (Å²) < 4.78 is 34.2. The number of nitrogens with one attached hydrogen (secondary N) is 2. The Bertz CT molecular complexity index is 1470. The average Bonchev–Trinajstić information content (AvgIpc) is 3.06. The molecule has 0 spiro atoms. The number of carbonyl (C=O) groups is 2. The van der Waals surface area contributed by atoms with E-state index in [4.69, 9.17) is 4.74 Å². The number of anilines is 1. The maximum absolute atomic E-state index is 13.1. The van der Waals surface area contributed by atoms with E-state index < -0.39 is 21.8 Å². The van der Waals surface area contributed by atoms with Crippen LogP contribution in [-0.4, -0.2) is 20.2 Å². The molecule has 248 valence electrons. The van der Waals surface area contributed by atoms with Crippen molar-refractivity contribution in [2.45, 2.75) is 108 Å². The van der Waals surface area contributed by atoms with E-state index in [9.17, 15) is 18.0 Å². The first-order valence-corrected chi connectivity index (χ1v) is 18.2. The molecule has 3 aromatic carbocycles. The normalized spacial score (nSPS) is 11.4. The van der Waals surface area contributed by atoms with E-state index in [2.05, 4.69) is 29.1 Å². The number of sulfonamides is 1. The number of rotatable bonds is 22. The zero-order valence-corrected chi connectivity index (χ0v) is 28.0. The highest BCUT2D eigenvalue weighted by Crippen LogP contribution is 2.23. The molecule has 8 heteroatoms. The van der Waals surface area contributed by atoms with Crippen LogP contribution >= 0.6 is 0 Å². The SMILES string of the molecule is CCCCCCCC/C=C\CCCCCCCC(=O)NS(=O)(=O)c1ccccc1NC(=O)c1cccc(OCc2ccccc2)c1. The molecule has 3 rings (SSSR count). The maximum Gasteiger partial charge on any atom is 0.266 e. The van der Waals surface area contributed by atoms with Crippen LogP contribution in [0.3, 0.4) is 0 Å². The van der Waals surface area contributed by atoms with Gasteiger partial charge in [0.25, 0.3) is 15.9 Å².